The van der Waals surface area contributed by atoms with Gasteiger partial charge in [0.1, 0.15) is 5.75 Å². The quantitative estimate of drug-likeness (QED) is 0.638. The number of methoxy groups -OCH3 is 1. The number of carbonyl (C=O) groups excluding carboxylic acids is 1. The van der Waals surface area contributed by atoms with E-state index in [-0.39, 0.29) is 24.6 Å². The maximum atomic E-state index is 13.9. The molecule has 1 saturated heterocycles. The Morgan fingerprint density at radius 2 is 1.89 bits per heavy atom. The number of ether oxygens (including phenoxy) is 1. The highest BCUT2D eigenvalue weighted by Crippen LogP contribution is 2.26. The lowest BCUT2D eigenvalue weighted by atomic mass is 10.1. The molecule has 0 saturated carbocycles. The number of carbonyl (C=O) groups is 1. The third kappa shape index (κ3) is 4.08. The molecule has 1 heterocycles. The minimum Gasteiger partial charge on any atom is -0.497 e. The number of amides is 1. The van der Waals surface area contributed by atoms with E-state index < -0.39 is 29.5 Å². The molecule has 1 amide bonds. The molecule has 0 aromatic heterocycles. The van der Waals surface area contributed by atoms with Crippen molar-refractivity contribution >= 4 is 17.6 Å². The van der Waals surface area contributed by atoms with Crippen LogP contribution in [0.2, 0.25) is 0 Å². The molecule has 148 valence electrons. The maximum Gasteiger partial charge on any atom is 0.263 e. The largest absolute Gasteiger partial charge is 0.497 e. The average molecular weight is 395 g/mol. The lowest BCUT2D eigenvalue weighted by Crippen LogP contribution is -2.55. The first-order chi connectivity index (χ1) is 13.3. The van der Waals surface area contributed by atoms with Crippen molar-refractivity contribution in [3.05, 3.63) is 58.9 Å². The van der Waals surface area contributed by atoms with E-state index in [1.165, 1.54) is 12.0 Å². The second kappa shape index (κ2) is 7.87. The Morgan fingerprint density at radius 3 is 2.54 bits per heavy atom. The number of nitrogens with one attached hydrogen (secondary N) is 1. The Hall–Kier alpha value is -3.10. The Labute approximate surface area is 158 Å². The van der Waals surface area contributed by atoms with Crippen LogP contribution in [0.25, 0.3) is 0 Å². The number of alkyl halides is 1. The van der Waals surface area contributed by atoms with Gasteiger partial charge in [0, 0.05) is 12.6 Å². The first kappa shape index (κ1) is 19.7. The van der Waals surface area contributed by atoms with Crippen molar-refractivity contribution in [1.82, 2.24) is 10.2 Å². The van der Waals surface area contributed by atoms with Gasteiger partial charge in [0.15, 0.2) is 23.6 Å². The summed E-state index contributed by atoms with van der Waals surface area (Å²) in [4.78, 5) is 17.4. The van der Waals surface area contributed by atoms with Crippen LogP contribution in [0.15, 0.2) is 35.3 Å². The lowest BCUT2D eigenvalue weighted by Gasteiger charge is -2.32. The van der Waals surface area contributed by atoms with Crippen LogP contribution < -0.4 is 10.1 Å². The molecule has 1 aliphatic heterocycles. The van der Waals surface area contributed by atoms with Crippen molar-refractivity contribution in [3.8, 4) is 5.75 Å². The van der Waals surface area contributed by atoms with E-state index in [1.54, 1.807) is 25.1 Å². The van der Waals surface area contributed by atoms with Crippen LogP contribution in [0.5, 0.6) is 5.75 Å². The Balaban J connectivity index is 1.96. The van der Waals surface area contributed by atoms with E-state index in [2.05, 4.69) is 10.3 Å². The van der Waals surface area contributed by atoms with Crippen molar-refractivity contribution in [2.24, 2.45) is 4.99 Å². The number of hydrogen-bond acceptors (Lipinski definition) is 3. The number of nitrogens with zero attached hydrogens (tertiary/aromatic N) is 2. The molecule has 5 nitrogen and oxygen atoms in total. The molecule has 2 aromatic rings. The van der Waals surface area contributed by atoms with Gasteiger partial charge in [-0.25, -0.2) is 22.6 Å². The fourth-order valence-electron chi connectivity index (χ4n) is 2.74. The van der Waals surface area contributed by atoms with Gasteiger partial charge in [0.25, 0.3) is 5.91 Å². The van der Waals surface area contributed by atoms with Crippen LogP contribution in [0.3, 0.4) is 0 Å². The van der Waals surface area contributed by atoms with Gasteiger partial charge in [-0.05, 0) is 36.2 Å². The first-order valence-electron chi connectivity index (χ1n) is 8.35. The zero-order chi connectivity index (χ0) is 20.4. The Kier molecular flexibility index (Phi) is 5.53. The fraction of sp³-hybridized carbons (Fsp3) is 0.263. The van der Waals surface area contributed by atoms with E-state index >= 15 is 0 Å². The summed E-state index contributed by atoms with van der Waals surface area (Å²) in [5, 5.41) is 2.35. The van der Waals surface area contributed by atoms with Crippen molar-refractivity contribution in [2.45, 2.75) is 19.6 Å². The number of halogens is 4. The number of guanidine groups is 1. The minimum absolute atomic E-state index is 0.0143. The minimum atomic E-state index is -1.85. The normalized spacial score (nSPS) is 18.4. The molecule has 0 radical (unpaired) electrons. The number of aryl methyl sites for hydroxylation is 1. The number of aliphatic imine (C=N–C) groups is 1. The summed E-state index contributed by atoms with van der Waals surface area (Å²) in [7, 11) is 1.49. The molecule has 2 aromatic carbocycles. The van der Waals surface area contributed by atoms with Crippen LogP contribution in [-0.4, -0.2) is 36.6 Å². The maximum absolute atomic E-state index is 13.9. The van der Waals surface area contributed by atoms with Gasteiger partial charge < -0.3 is 9.64 Å². The van der Waals surface area contributed by atoms with Crippen LogP contribution >= 0.6 is 0 Å². The summed E-state index contributed by atoms with van der Waals surface area (Å²) in [6.45, 7) is 1.24. The predicted octanol–water partition coefficient (Wildman–Crippen LogP) is 3.38. The topological polar surface area (TPSA) is 53.9 Å². The molecular formula is C19H17F4N3O2. The zero-order valence-electron chi connectivity index (χ0n) is 15.1. The fourth-order valence-corrected chi connectivity index (χ4v) is 2.74. The van der Waals surface area contributed by atoms with E-state index in [1.807, 2.05) is 0 Å². The Morgan fingerprint density at radius 1 is 1.21 bits per heavy atom. The summed E-state index contributed by atoms with van der Waals surface area (Å²) >= 11 is 0. The van der Waals surface area contributed by atoms with Gasteiger partial charge in [-0.2, -0.15) is 0 Å². The highest BCUT2D eigenvalue weighted by atomic mass is 19.2. The lowest BCUT2D eigenvalue weighted by molar-refractivity contribution is -0.126. The third-order valence-corrected chi connectivity index (χ3v) is 4.26. The monoisotopic (exact) mass is 395 g/mol. The van der Waals surface area contributed by atoms with Gasteiger partial charge in [0.05, 0.1) is 19.3 Å². The molecule has 0 bridgehead atoms. The molecular weight excluding hydrogens is 378 g/mol. The highest BCUT2D eigenvalue weighted by molar-refractivity contribution is 6.02. The predicted molar refractivity (Wildman–Crippen MR) is 94.6 cm³/mol. The van der Waals surface area contributed by atoms with Gasteiger partial charge in [-0.1, -0.05) is 6.07 Å². The van der Waals surface area contributed by atoms with E-state index in [9.17, 15) is 22.4 Å². The van der Waals surface area contributed by atoms with E-state index in [4.69, 9.17) is 4.74 Å². The molecule has 9 heteroatoms. The summed E-state index contributed by atoms with van der Waals surface area (Å²) in [5.41, 5.74) is 1.30. The molecule has 0 spiro atoms. The van der Waals surface area contributed by atoms with Crippen LogP contribution in [-0.2, 0) is 11.3 Å². The molecule has 1 N–H and O–H groups in total. The number of benzene rings is 2. The standard InChI is InChI=1S/C19H17F4N3O2/c1-10-3-4-12(28-2)7-16(10)24-19-25-18(27)15(22)9-26(19)8-11-5-13(20)17(23)14(21)6-11/h3-7,15H,8-9H2,1-2H3,(H,24,25,27). The molecule has 28 heavy (non-hydrogen) atoms. The van der Waals surface area contributed by atoms with Crippen LogP contribution in [0.4, 0.5) is 23.2 Å². The second-order valence-corrected chi connectivity index (χ2v) is 6.30. The number of hydrogen-bond donors (Lipinski definition) is 1. The SMILES string of the molecule is COc1ccc(C)c(N=C2NC(=O)C(F)CN2Cc2cc(F)c(F)c(F)c2)c1. The Bertz CT molecular complexity index is 926. The smallest absolute Gasteiger partial charge is 0.263 e. The van der Waals surface area contributed by atoms with E-state index in [0.29, 0.717) is 11.4 Å². The molecule has 1 aliphatic rings. The molecule has 1 fully saturated rings. The zero-order valence-corrected chi connectivity index (χ0v) is 15.1. The third-order valence-electron chi connectivity index (χ3n) is 4.26. The van der Waals surface area contributed by atoms with Gasteiger partial charge >= 0.3 is 0 Å². The van der Waals surface area contributed by atoms with Crippen molar-refractivity contribution in [1.29, 1.82) is 0 Å². The van der Waals surface area contributed by atoms with E-state index in [0.717, 1.165) is 17.7 Å². The van der Waals surface area contributed by atoms with Gasteiger partial charge in [-0.3, -0.25) is 10.1 Å². The first-order valence-corrected chi connectivity index (χ1v) is 8.35. The highest BCUT2D eigenvalue weighted by Gasteiger charge is 2.31. The summed E-state index contributed by atoms with van der Waals surface area (Å²) in [6.07, 6.45) is -1.85. The number of rotatable bonds is 4. The van der Waals surface area contributed by atoms with Gasteiger partial charge in [-0.15, -0.1) is 0 Å². The molecule has 1 unspecified atom stereocenters. The van der Waals surface area contributed by atoms with Crippen molar-refractivity contribution < 1.29 is 27.1 Å². The second-order valence-electron chi connectivity index (χ2n) is 6.30. The van der Waals surface area contributed by atoms with Crippen LogP contribution in [0.1, 0.15) is 11.1 Å². The van der Waals surface area contributed by atoms with Crippen LogP contribution in [0, 0.1) is 24.4 Å². The van der Waals surface area contributed by atoms with Crippen molar-refractivity contribution in [3.63, 3.8) is 0 Å². The average Bonchev–Trinajstić information content (AvgIpc) is 2.65. The summed E-state index contributed by atoms with van der Waals surface area (Å²) in [6, 6.07) is 6.76. The molecule has 3 rings (SSSR count). The summed E-state index contributed by atoms with van der Waals surface area (Å²) in [5.74, 6) is -4.61. The molecule has 1 atom stereocenters. The molecule has 0 aliphatic carbocycles. The summed E-state index contributed by atoms with van der Waals surface area (Å²) < 4.78 is 59.2. The van der Waals surface area contributed by atoms with Crippen molar-refractivity contribution in [2.75, 3.05) is 13.7 Å². The van der Waals surface area contributed by atoms with Gasteiger partial charge in [0.2, 0.25) is 5.96 Å².